The monoisotopic (exact) mass is 1190 g/mol. The van der Waals surface area contributed by atoms with Gasteiger partial charge in [0.15, 0.2) is 0 Å². The van der Waals surface area contributed by atoms with E-state index in [4.69, 9.17) is 0 Å². The molecule has 0 amide bonds. The Morgan fingerprint density at radius 1 is 0.152 bits per heavy atom. The van der Waals surface area contributed by atoms with Gasteiger partial charge in [0.25, 0.3) is 0 Å². The van der Waals surface area contributed by atoms with Crippen molar-refractivity contribution in [1.29, 1.82) is 0 Å². The Balaban J connectivity index is 0.791. The van der Waals surface area contributed by atoms with Crippen molar-refractivity contribution in [3.63, 3.8) is 0 Å². The standard InChI is InChI=1S/C88H78N4/c1-59-11-35-75(36-12-59)89(76-37-13-60(2)14-38-76)78-49-29-71(30-50-78)69-25-27-70(28-26-69)72-31-51-79(52-32-72)90(77-39-15-61(3)16-40-77)83-47-23-65(7)85(57-83)86-58-84(48-24-66(86)8)92(82-45-21-64(6)22-46-82)88-54-34-74(56-68(88)10)73-33-53-87(67(9)55-73)91(80-41-17-62(4)18-42-80)81-43-19-63(5)20-44-81/h11-58H,1-10H3. The van der Waals surface area contributed by atoms with Gasteiger partial charge in [-0.3, -0.25) is 0 Å². The van der Waals surface area contributed by atoms with Gasteiger partial charge in [0, 0.05) is 68.2 Å². The van der Waals surface area contributed by atoms with Crippen molar-refractivity contribution >= 4 is 68.2 Å². The molecule has 0 saturated carbocycles. The predicted molar refractivity (Wildman–Crippen MR) is 394 cm³/mol. The fraction of sp³-hybridized carbons (Fsp3) is 0.114. The summed E-state index contributed by atoms with van der Waals surface area (Å²) in [6, 6.07) is 108. The first kappa shape index (κ1) is 60.0. The summed E-state index contributed by atoms with van der Waals surface area (Å²) in [4.78, 5) is 9.51. The summed E-state index contributed by atoms with van der Waals surface area (Å²) in [5, 5.41) is 0. The maximum absolute atomic E-state index is 2.43. The molecule has 0 N–H and O–H groups in total. The molecule has 0 atom stereocenters. The molecule has 0 aliphatic rings. The Labute approximate surface area is 545 Å². The van der Waals surface area contributed by atoms with Crippen LogP contribution >= 0.6 is 0 Å². The van der Waals surface area contributed by atoms with E-state index in [1.807, 2.05) is 0 Å². The SMILES string of the molecule is Cc1ccc(N(c2ccc(C)cc2)c2ccc(-c3ccc(-c4ccc(N(c5ccc(C)cc5)c5ccc(C)c(-c6cc(N(c7ccc(C)cc7)c7ccc(-c8ccc(N(c9ccc(C)cc9)c9ccc(C)cc9)c(C)c8)cc7C)ccc6C)c5)cc4)cc3)cc2)cc1. The summed E-state index contributed by atoms with van der Waals surface area (Å²) in [6.07, 6.45) is 0. The van der Waals surface area contributed by atoms with Crippen LogP contribution in [0.25, 0.3) is 44.5 Å². The van der Waals surface area contributed by atoms with E-state index in [1.165, 1.54) is 94.6 Å². The van der Waals surface area contributed by atoms with E-state index in [0.29, 0.717) is 0 Å². The Kier molecular flexibility index (Phi) is 16.9. The molecule has 0 aromatic heterocycles. The first-order valence-corrected chi connectivity index (χ1v) is 32.0. The van der Waals surface area contributed by atoms with Crippen molar-refractivity contribution in [3.05, 3.63) is 347 Å². The Hall–Kier alpha value is -10.9. The quantitative estimate of drug-likeness (QED) is 0.0956. The van der Waals surface area contributed by atoms with Crippen LogP contribution in [-0.2, 0) is 0 Å². The molecular weight excluding hydrogens is 1110 g/mol. The van der Waals surface area contributed by atoms with Gasteiger partial charge in [0.05, 0.1) is 0 Å². The highest BCUT2D eigenvalue weighted by atomic mass is 15.2. The van der Waals surface area contributed by atoms with E-state index < -0.39 is 0 Å². The number of benzene rings is 13. The van der Waals surface area contributed by atoms with E-state index >= 15 is 0 Å². The summed E-state index contributed by atoms with van der Waals surface area (Å²) in [5.74, 6) is 0. The molecule has 0 radical (unpaired) electrons. The van der Waals surface area contributed by atoms with Gasteiger partial charge in [-0.15, -0.1) is 0 Å². The number of anilines is 12. The summed E-state index contributed by atoms with van der Waals surface area (Å²) in [5.41, 5.74) is 35.1. The lowest BCUT2D eigenvalue weighted by Crippen LogP contribution is -2.12. The number of aryl methyl sites for hydroxylation is 10. The highest BCUT2D eigenvalue weighted by Crippen LogP contribution is 2.45. The fourth-order valence-corrected chi connectivity index (χ4v) is 12.6. The molecule has 0 spiro atoms. The summed E-state index contributed by atoms with van der Waals surface area (Å²) in [6.45, 7) is 21.8. The van der Waals surface area contributed by atoms with Gasteiger partial charge in [-0.2, -0.15) is 0 Å². The lowest BCUT2D eigenvalue weighted by Gasteiger charge is -2.29. The van der Waals surface area contributed by atoms with Gasteiger partial charge >= 0.3 is 0 Å². The van der Waals surface area contributed by atoms with Crippen molar-refractivity contribution < 1.29 is 0 Å². The van der Waals surface area contributed by atoms with E-state index in [2.05, 4.69) is 380 Å². The maximum Gasteiger partial charge on any atom is 0.0491 e. The molecule has 0 heterocycles. The van der Waals surface area contributed by atoms with Crippen LogP contribution in [0.3, 0.4) is 0 Å². The molecule has 0 bridgehead atoms. The van der Waals surface area contributed by atoms with Crippen LogP contribution in [0, 0.1) is 69.2 Å². The molecular formula is C88H78N4. The highest BCUT2D eigenvalue weighted by molar-refractivity contribution is 5.89. The van der Waals surface area contributed by atoms with Crippen molar-refractivity contribution in [1.82, 2.24) is 0 Å². The zero-order valence-electron chi connectivity index (χ0n) is 54.5. The number of rotatable bonds is 16. The molecule has 4 heteroatoms. The molecule has 92 heavy (non-hydrogen) atoms. The lowest BCUT2D eigenvalue weighted by atomic mass is 9.94. The van der Waals surface area contributed by atoms with Crippen molar-refractivity contribution in [2.75, 3.05) is 19.6 Å². The van der Waals surface area contributed by atoms with Crippen LogP contribution in [0.5, 0.6) is 0 Å². The molecule has 13 aromatic rings. The average Bonchev–Trinajstić information content (AvgIpc) is 0.915. The Morgan fingerprint density at radius 2 is 0.348 bits per heavy atom. The minimum atomic E-state index is 1.09. The fourth-order valence-electron chi connectivity index (χ4n) is 12.6. The molecule has 0 fully saturated rings. The van der Waals surface area contributed by atoms with Crippen LogP contribution in [0.15, 0.2) is 291 Å². The van der Waals surface area contributed by atoms with Gasteiger partial charge in [0.1, 0.15) is 0 Å². The Morgan fingerprint density at radius 3 is 0.620 bits per heavy atom. The van der Waals surface area contributed by atoms with Crippen LogP contribution in [0.2, 0.25) is 0 Å². The third kappa shape index (κ3) is 12.7. The molecule has 13 rings (SSSR count). The maximum atomic E-state index is 2.43. The first-order chi connectivity index (χ1) is 44.7. The smallest absolute Gasteiger partial charge is 0.0491 e. The topological polar surface area (TPSA) is 13.0 Å². The van der Waals surface area contributed by atoms with Gasteiger partial charge in [-0.1, -0.05) is 179 Å². The van der Waals surface area contributed by atoms with Crippen molar-refractivity contribution in [3.8, 4) is 44.5 Å². The van der Waals surface area contributed by atoms with Crippen LogP contribution in [0.4, 0.5) is 68.2 Å². The van der Waals surface area contributed by atoms with E-state index in [1.54, 1.807) is 0 Å². The lowest BCUT2D eigenvalue weighted by molar-refractivity contribution is 1.23. The second kappa shape index (κ2) is 25.9. The van der Waals surface area contributed by atoms with Crippen molar-refractivity contribution in [2.45, 2.75) is 69.2 Å². The molecule has 0 aliphatic heterocycles. The van der Waals surface area contributed by atoms with E-state index in [-0.39, 0.29) is 0 Å². The summed E-state index contributed by atoms with van der Waals surface area (Å²) in [7, 11) is 0. The average molecular weight is 1190 g/mol. The van der Waals surface area contributed by atoms with Crippen LogP contribution in [-0.4, -0.2) is 0 Å². The zero-order chi connectivity index (χ0) is 63.6. The first-order valence-electron chi connectivity index (χ1n) is 32.0. The second-order valence-corrected chi connectivity index (χ2v) is 25.0. The molecule has 0 unspecified atom stereocenters. The minimum Gasteiger partial charge on any atom is -0.311 e. The zero-order valence-corrected chi connectivity index (χ0v) is 54.5. The normalized spacial score (nSPS) is 11.2. The number of nitrogens with zero attached hydrogens (tertiary/aromatic N) is 4. The third-order valence-electron chi connectivity index (χ3n) is 18.0. The van der Waals surface area contributed by atoms with E-state index in [0.717, 1.165) is 73.8 Å². The highest BCUT2D eigenvalue weighted by Gasteiger charge is 2.22. The van der Waals surface area contributed by atoms with Crippen LogP contribution in [0.1, 0.15) is 55.6 Å². The van der Waals surface area contributed by atoms with Gasteiger partial charge in [-0.25, -0.2) is 0 Å². The molecule has 0 aliphatic carbocycles. The summed E-state index contributed by atoms with van der Waals surface area (Å²) >= 11 is 0. The second-order valence-electron chi connectivity index (χ2n) is 25.0. The van der Waals surface area contributed by atoms with Gasteiger partial charge < -0.3 is 19.6 Å². The summed E-state index contributed by atoms with van der Waals surface area (Å²) < 4.78 is 0. The largest absolute Gasteiger partial charge is 0.311 e. The van der Waals surface area contributed by atoms with Crippen molar-refractivity contribution in [2.24, 2.45) is 0 Å². The predicted octanol–water partition coefficient (Wildman–Crippen LogP) is 25.3. The minimum absolute atomic E-state index is 1.09. The van der Waals surface area contributed by atoms with E-state index in [9.17, 15) is 0 Å². The molecule has 4 nitrogen and oxygen atoms in total. The molecule has 0 saturated heterocycles. The number of hydrogen-bond acceptors (Lipinski definition) is 4. The van der Waals surface area contributed by atoms with Gasteiger partial charge in [0.2, 0.25) is 0 Å². The third-order valence-corrected chi connectivity index (χ3v) is 18.0. The van der Waals surface area contributed by atoms with Gasteiger partial charge in [-0.05, 0) is 282 Å². The molecule has 13 aromatic carbocycles. The molecule has 450 valence electrons. The van der Waals surface area contributed by atoms with Crippen LogP contribution < -0.4 is 19.6 Å². The number of hydrogen-bond donors (Lipinski definition) is 0. The Bertz CT molecular complexity index is 4630.